The molecule has 1 amide bonds. The average Bonchev–Trinajstić information content (AvgIpc) is 2.43. The van der Waals surface area contributed by atoms with Crippen molar-refractivity contribution in [3.63, 3.8) is 0 Å². The van der Waals surface area contributed by atoms with E-state index < -0.39 is 0 Å². The van der Waals surface area contributed by atoms with Gasteiger partial charge in [-0.2, -0.15) is 0 Å². The molecule has 0 unspecified atom stereocenters. The molecule has 0 aromatic heterocycles. The van der Waals surface area contributed by atoms with E-state index in [9.17, 15) is 4.79 Å². The maximum absolute atomic E-state index is 12.3. The number of carbonyl (C=O) groups is 1. The minimum absolute atomic E-state index is 0.0252. The Kier molecular flexibility index (Phi) is 4.30. The first kappa shape index (κ1) is 14.4. The van der Waals surface area contributed by atoms with Gasteiger partial charge in [-0.05, 0) is 30.7 Å². The fourth-order valence-corrected chi connectivity index (χ4v) is 2.11. The van der Waals surface area contributed by atoms with Crippen molar-refractivity contribution in [2.45, 2.75) is 13.3 Å². The molecule has 3 nitrogen and oxygen atoms in total. The number of hydrogen-bond donors (Lipinski definition) is 1. The molecule has 2 aromatic carbocycles. The van der Waals surface area contributed by atoms with Crippen LogP contribution in [0.2, 0.25) is 5.02 Å². The second kappa shape index (κ2) is 5.97. The lowest BCUT2D eigenvalue weighted by atomic mass is 10.1. The van der Waals surface area contributed by atoms with E-state index in [4.69, 9.17) is 17.3 Å². The Morgan fingerprint density at radius 3 is 2.50 bits per heavy atom. The summed E-state index contributed by atoms with van der Waals surface area (Å²) >= 11 is 5.95. The minimum atomic E-state index is -0.0252. The first-order valence-electron chi connectivity index (χ1n) is 6.34. The van der Waals surface area contributed by atoms with Gasteiger partial charge in [-0.1, -0.05) is 41.4 Å². The number of hydrogen-bond acceptors (Lipinski definition) is 2. The fraction of sp³-hybridized carbons (Fsp3) is 0.188. The molecule has 0 aliphatic heterocycles. The molecule has 104 valence electrons. The van der Waals surface area contributed by atoms with Gasteiger partial charge in [-0.3, -0.25) is 4.79 Å². The predicted molar refractivity (Wildman–Crippen MR) is 84.2 cm³/mol. The maximum atomic E-state index is 12.3. The number of carbonyl (C=O) groups excluding carboxylic acids is 1. The van der Waals surface area contributed by atoms with E-state index in [1.54, 1.807) is 30.1 Å². The Morgan fingerprint density at radius 1 is 1.20 bits per heavy atom. The number of nitrogen functional groups attached to an aromatic ring is 1. The molecule has 0 saturated carbocycles. The van der Waals surface area contributed by atoms with Gasteiger partial charge in [0.1, 0.15) is 0 Å². The lowest BCUT2D eigenvalue weighted by Crippen LogP contribution is -2.28. The monoisotopic (exact) mass is 288 g/mol. The lowest BCUT2D eigenvalue weighted by Gasteiger charge is -2.19. The van der Waals surface area contributed by atoms with Crippen molar-refractivity contribution in [3.05, 3.63) is 58.6 Å². The average molecular weight is 289 g/mol. The summed E-state index contributed by atoms with van der Waals surface area (Å²) in [7, 11) is 1.71. The molecule has 2 aromatic rings. The van der Waals surface area contributed by atoms with E-state index in [-0.39, 0.29) is 5.91 Å². The molecule has 0 radical (unpaired) electrons. The molecule has 0 heterocycles. The van der Waals surface area contributed by atoms with Gasteiger partial charge >= 0.3 is 0 Å². The molecule has 0 atom stereocenters. The van der Waals surface area contributed by atoms with E-state index in [1.807, 2.05) is 31.2 Å². The van der Waals surface area contributed by atoms with Crippen molar-refractivity contribution < 1.29 is 4.79 Å². The number of amides is 1. The van der Waals surface area contributed by atoms with Gasteiger partial charge in [0.25, 0.3) is 0 Å². The summed E-state index contributed by atoms with van der Waals surface area (Å²) in [6, 6.07) is 13.0. The molecule has 0 aliphatic carbocycles. The number of aryl methyl sites for hydroxylation is 1. The number of rotatable bonds is 3. The summed E-state index contributed by atoms with van der Waals surface area (Å²) in [5.41, 5.74) is 9.21. The molecule has 0 aliphatic rings. The molecule has 0 spiro atoms. The van der Waals surface area contributed by atoms with Gasteiger partial charge < -0.3 is 10.6 Å². The summed E-state index contributed by atoms with van der Waals surface area (Å²) < 4.78 is 0. The first-order valence-corrected chi connectivity index (χ1v) is 6.72. The summed E-state index contributed by atoms with van der Waals surface area (Å²) in [6.07, 6.45) is 0.336. The van der Waals surface area contributed by atoms with Crippen LogP contribution >= 0.6 is 11.6 Å². The number of nitrogens with two attached hydrogens (primary N) is 1. The van der Waals surface area contributed by atoms with Gasteiger partial charge in [0.2, 0.25) is 5.91 Å². The van der Waals surface area contributed by atoms with Crippen molar-refractivity contribution in [3.8, 4) is 0 Å². The Bertz CT molecular complexity index is 623. The van der Waals surface area contributed by atoms with Crippen LogP contribution in [0.15, 0.2) is 42.5 Å². The third kappa shape index (κ3) is 3.31. The number of halogens is 1. The lowest BCUT2D eigenvalue weighted by molar-refractivity contribution is -0.117. The van der Waals surface area contributed by atoms with Crippen LogP contribution < -0.4 is 10.6 Å². The summed E-state index contributed by atoms with van der Waals surface area (Å²) in [6.45, 7) is 2.02. The molecule has 2 rings (SSSR count). The number of anilines is 2. The maximum Gasteiger partial charge on any atom is 0.231 e. The molecule has 2 N–H and O–H groups in total. The fourth-order valence-electron chi connectivity index (χ4n) is 1.94. The molecular weight excluding hydrogens is 272 g/mol. The summed E-state index contributed by atoms with van der Waals surface area (Å²) in [5.74, 6) is -0.0252. The Balaban J connectivity index is 2.16. The van der Waals surface area contributed by atoms with Crippen LogP contribution in [0.3, 0.4) is 0 Å². The molecule has 20 heavy (non-hydrogen) atoms. The van der Waals surface area contributed by atoms with Gasteiger partial charge in [0, 0.05) is 12.1 Å². The standard InChI is InChI=1S/C16H17ClN2O/c1-11-3-5-12(6-4-11)9-16(20)19(2)15-10-13(17)7-8-14(15)18/h3-8,10H,9,18H2,1-2H3. The van der Waals surface area contributed by atoms with Crippen molar-refractivity contribution in [1.29, 1.82) is 0 Å². The normalized spacial score (nSPS) is 10.3. The molecular formula is C16H17ClN2O. The highest BCUT2D eigenvalue weighted by molar-refractivity contribution is 6.31. The van der Waals surface area contributed by atoms with Crippen LogP contribution in [0.5, 0.6) is 0 Å². The van der Waals surface area contributed by atoms with Crippen LogP contribution in [-0.4, -0.2) is 13.0 Å². The molecule has 0 bridgehead atoms. The third-order valence-electron chi connectivity index (χ3n) is 3.20. The van der Waals surface area contributed by atoms with Crippen molar-refractivity contribution in [2.24, 2.45) is 0 Å². The van der Waals surface area contributed by atoms with E-state index in [0.717, 1.165) is 5.56 Å². The van der Waals surface area contributed by atoms with Gasteiger partial charge in [0.05, 0.1) is 17.8 Å². The number of likely N-dealkylation sites (N-methyl/N-ethyl adjacent to an activating group) is 1. The third-order valence-corrected chi connectivity index (χ3v) is 3.44. The van der Waals surface area contributed by atoms with Crippen molar-refractivity contribution in [2.75, 3.05) is 17.7 Å². The highest BCUT2D eigenvalue weighted by Gasteiger charge is 2.14. The van der Waals surface area contributed by atoms with Crippen molar-refractivity contribution in [1.82, 2.24) is 0 Å². The van der Waals surface area contributed by atoms with Crippen LogP contribution in [0.1, 0.15) is 11.1 Å². The highest BCUT2D eigenvalue weighted by Crippen LogP contribution is 2.26. The van der Waals surface area contributed by atoms with E-state index in [1.165, 1.54) is 5.56 Å². The smallest absolute Gasteiger partial charge is 0.231 e. The van der Waals surface area contributed by atoms with Gasteiger partial charge in [-0.25, -0.2) is 0 Å². The summed E-state index contributed by atoms with van der Waals surface area (Å²) in [4.78, 5) is 13.8. The molecule has 4 heteroatoms. The largest absolute Gasteiger partial charge is 0.397 e. The van der Waals surface area contributed by atoms with E-state index >= 15 is 0 Å². The molecule has 0 saturated heterocycles. The second-order valence-corrected chi connectivity index (χ2v) is 5.25. The molecule has 0 fully saturated rings. The van der Waals surface area contributed by atoms with Crippen LogP contribution in [-0.2, 0) is 11.2 Å². The van der Waals surface area contributed by atoms with Crippen molar-refractivity contribution >= 4 is 28.9 Å². The number of benzene rings is 2. The van der Waals surface area contributed by atoms with Gasteiger partial charge in [0.15, 0.2) is 0 Å². The topological polar surface area (TPSA) is 46.3 Å². The Labute approximate surface area is 124 Å². The predicted octanol–water partition coefficient (Wildman–Crippen LogP) is 3.44. The Hall–Kier alpha value is -2.00. The zero-order chi connectivity index (χ0) is 14.7. The minimum Gasteiger partial charge on any atom is -0.397 e. The van der Waals surface area contributed by atoms with E-state index in [0.29, 0.717) is 22.8 Å². The van der Waals surface area contributed by atoms with Gasteiger partial charge in [-0.15, -0.1) is 0 Å². The van der Waals surface area contributed by atoms with E-state index in [2.05, 4.69) is 0 Å². The zero-order valence-corrected chi connectivity index (χ0v) is 12.3. The van der Waals surface area contributed by atoms with Crippen LogP contribution in [0.25, 0.3) is 0 Å². The SMILES string of the molecule is Cc1ccc(CC(=O)N(C)c2cc(Cl)ccc2N)cc1. The number of nitrogens with zero attached hydrogens (tertiary/aromatic N) is 1. The highest BCUT2D eigenvalue weighted by atomic mass is 35.5. The second-order valence-electron chi connectivity index (χ2n) is 4.82. The van der Waals surface area contributed by atoms with Crippen LogP contribution in [0.4, 0.5) is 11.4 Å². The quantitative estimate of drug-likeness (QED) is 0.880. The zero-order valence-electron chi connectivity index (χ0n) is 11.6. The summed E-state index contributed by atoms with van der Waals surface area (Å²) in [5, 5.41) is 0.559. The van der Waals surface area contributed by atoms with Crippen LogP contribution in [0, 0.1) is 6.92 Å². The Morgan fingerprint density at radius 2 is 1.85 bits per heavy atom. The first-order chi connectivity index (χ1) is 9.47.